The minimum absolute atomic E-state index is 1.12. The Kier molecular flexibility index (Phi) is 7.62. The lowest BCUT2D eigenvalue weighted by molar-refractivity contribution is -0.425. The van der Waals surface area contributed by atoms with Crippen molar-refractivity contribution in [3.63, 3.8) is 0 Å². The lowest BCUT2D eigenvalue weighted by atomic mass is 9.90. The van der Waals surface area contributed by atoms with E-state index in [9.17, 15) is 96.6 Å². The highest BCUT2D eigenvalue weighted by atomic mass is 19.4. The Morgan fingerprint density at radius 3 is 0.605 bits per heavy atom. The fraction of sp³-hybridized carbons (Fsp3) is 0.625. The summed E-state index contributed by atoms with van der Waals surface area (Å²) in [6, 6.07) is -4.46. The standard InChI is InChI=1S/C16H4F22/c17-7(18,9(21,22)11(25,26)13(29,30)15(33,34)35)5-1-2-6(4-3-5)8(19,20)10(23,24)12(27,28)14(31,32)16(36,37)38/h1-4H. The Morgan fingerprint density at radius 1 is 0.263 bits per heavy atom. The molecule has 0 N–H and O–H groups in total. The Morgan fingerprint density at radius 2 is 0.447 bits per heavy atom. The smallest absolute Gasteiger partial charge is 0.194 e. The summed E-state index contributed by atoms with van der Waals surface area (Å²) in [5, 5.41) is 0. The molecule has 0 heterocycles. The van der Waals surface area contributed by atoms with E-state index in [1.165, 1.54) is 0 Å². The molecule has 0 aliphatic heterocycles. The number of alkyl halides is 22. The topological polar surface area (TPSA) is 0 Å². The van der Waals surface area contributed by atoms with Crippen LogP contribution in [0.2, 0.25) is 0 Å². The van der Waals surface area contributed by atoms with Crippen LogP contribution in [0, 0.1) is 0 Å². The van der Waals surface area contributed by atoms with Gasteiger partial charge in [0.1, 0.15) is 0 Å². The second kappa shape index (κ2) is 8.59. The molecule has 1 rings (SSSR count). The second-order valence-electron chi connectivity index (χ2n) is 7.17. The summed E-state index contributed by atoms with van der Waals surface area (Å²) < 4.78 is 286. The lowest BCUT2D eigenvalue weighted by Gasteiger charge is -2.38. The van der Waals surface area contributed by atoms with Gasteiger partial charge in [-0.2, -0.15) is 96.6 Å². The van der Waals surface area contributed by atoms with Crippen molar-refractivity contribution in [3.05, 3.63) is 35.4 Å². The van der Waals surface area contributed by atoms with Gasteiger partial charge in [0.05, 0.1) is 0 Å². The van der Waals surface area contributed by atoms with Crippen LogP contribution in [0.4, 0.5) is 96.6 Å². The lowest BCUT2D eigenvalue weighted by Crippen LogP contribution is -2.65. The molecule has 0 saturated carbocycles. The van der Waals surface area contributed by atoms with E-state index in [2.05, 4.69) is 0 Å². The molecule has 0 spiro atoms. The Balaban J connectivity index is 3.62. The van der Waals surface area contributed by atoms with Gasteiger partial charge in [-0.1, -0.05) is 24.3 Å². The molecule has 0 nitrogen and oxygen atoms in total. The third-order valence-electron chi connectivity index (χ3n) is 4.69. The highest BCUT2D eigenvalue weighted by Gasteiger charge is 2.88. The first-order valence-electron chi connectivity index (χ1n) is 8.48. The maximum atomic E-state index is 13.9. The highest BCUT2D eigenvalue weighted by Crippen LogP contribution is 2.61. The quantitative estimate of drug-likeness (QED) is 0.257. The van der Waals surface area contributed by atoms with E-state index < -0.39 is 95.1 Å². The van der Waals surface area contributed by atoms with Crippen LogP contribution in [0.25, 0.3) is 0 Å². The largest absolute Gasteiger partial charge is 0.460 e. The molecule has 38 heavy (non-hydrogen) atoms. The van der Waals surface area contributed by atoms with Gasteiger partial charge >= 0.3 is 59.7 Å². The van der Waals surface area contributed by atoms with Gasteiger partial charge in [-0.25, -0.2) is 0 Å². The summed E-state index contributed by atoms with van der Waals surface area (Å²) in [4.78, 5) is 0. The molecule has 1 aromatic carbocycles. The summed E-state index contributed by atoms with van der Waals surface area (Å²) in [6.45, 7) is 0. The molecule has 0 saturated heterocycles. The number of halogens is 22. The Labute approximate surface area is 193 Å². The van der Waals surface area contributed by atoms with E-state index in [4.69, 9.17) is 0 Å². The van der Waals surface area contributed by atoms with E-state index in [0.29, 0.717) is 0 Å². The number of hydrogen-bond donors (Lipinski definition) is 0. The first-order valence-corrected chi connectivity index (χ1v) is 8.48. The van der Waals surface area contributed by atoms with Crippen molar-refractivity contribution >= 4 is 0 Å². The van der Waals surface area contributed by atoms with Gasteiger partial charge in [-0.05, 0) is 0 Å². The predicted octanol–water partition coefficient (Wildman–Crippen LogP) is 8.81. The number of rotatable bonds is 8. The van der Waals surface area contributed by atoms with Crippen molar-refractivity contribution in [2.75, 3.05) is 0 Å². The average Bonchev–Trinajstić information content (AvgIpc) is 2.71. The molecule has 222 valence electrons. The summed E-state index contributed by atoms with van der Waals surface area (Å²) in [5.41, 5.74) is -5.84. The Hall–Kier alpha value is -2.32. The minimum atomic E-state index is -8.00. The predicted molar refractivity (Wildman–Crippen MR) is 76.0 cm³/mol. The summed E-state index contributed by atoms with van der Waals surface area (Å²) >= 11 is 0. The van der Waals surface area contributed by atoms with Crippen LogP contribution in [0.3, 0.4) is 0 Å². The molecule has 22 heteroatoms. The fourth-order valence-corrected chi connectivity index (χ4v) is 2.40. The molecule has 0 aromatic heterocycles. The van der Waals surface area contributed by atoms with Crippen molar-refractivity contribution in [1.82, 2.24) is 0 Å². The summed E-state index contributed by atoms with van der Waals surface area (Å²) in [6.07, 6.45) is -15.2. The number of benzene rings is 1. The normalized spacial score (nSPS) is 16.2. The molecule has 0 atom stereocenters. The van der Waals surface area contributed by atoms with E-state index in [1.54, 1.807) is 0 Å². The van der Waals surface area contributed by atoms with E-state index in [1.807, 2.05) is 0 Å². The van der Waals surface area contributed by atoms with Gasteiger partial charge in [0.25, 0.3) is 0 Å². The molecule has 0 aliphatic carbocycles. The molecule has 0 unspecified atom stereocenters. The molecule has 0 fully saturated rings. The fourth-order valence-electron chi connectivity index (χ4n) is 2.40. The Bertz CT molecular complexity index is 911. The third-order valence-corrected chi connectivity index (χ3v) is 4.69. The zero-order valence-corrected chi connectivity index (χ0v) is 16.6. The molecular formula is C16H4F22. The van der Waals surface area contributed by atoms with Gasteiger partial charge < -0.3 is 0 Å². The molecule has 0 amide bonds. The molecule has 0 radical (unpaired) electrons. The van der Waals surface area contributed by atoms with E-state index >= 15 is 0 Å². The van der Waals surface area contributed by atoms with Crippen LogP contribution in [0.1, 0.15) is 11.1 Å². The first kappa shape index (κ1) is 33.7. The maximum Gasteiger partial charge on any atom is 0.460 e. The van der Waals surface area contributed by atoms with Crippen molar-refractivity contribution in [2.45, 2.75) is 59.7 Å². The van der Waals surface area contributed by atoms with Crippen LogP contribution >= 0.6 is 0 Å². The van der Waals surface area contributed by atoms with Crippen LogP contribution < -0.4 is 0 Å². The zero-order chi connectivity index (χ0) is 31.0. The van der Waals surface area contributed by atoms with E-state index in [0.717, 1.165) is 0 Å². The molecule has 0 aliphatic rings. The van der Waals surface area contributed by atoms with Gasteiger partial charge in [0, 0.05) is 11.1 Å². The maximum absolute atomic E-state index is 13.9. The zero-order valence-electron chi connectivity index (χ0n) is 16.6. The van der Waals surface area contributed by atoms with Gasteiger partial charge in [-0.3, -0.25) is 0 Å². The van der Waals surface area contributed by atoms with Crippen LogP contribution in [-0.2, 0) is 11.8 Å². The van der Waals surface area contributed by atoms with Crippen LogP contribution in [0.5, 0.6) is 0 Å². The second-order valence-corrected chi connectivity index (χ2v) is 7.17. The third kappa shape index (κ3) is 4.28. The number of hydrogen-bond acceptors (Lipinski definition) is 0. The van der Waals surface area contributed by atoms with Crippen molar-refractivity contribution in [1.29, 1.82) is 0 Å². The van der Waals surface area contributed by atoms with Crippen LogP contribution in [0.15, 0.2) is 24.3 Å². The van der Waals surface area contributed by atoms with Gasteiger partial charge in [-0.15, -0.1) is 0 Å². The van der Waals surface area contributed by atoms with Gasteiger partial charge in [0.2, 0.25) is 0 Å². The molecule has 0 bridgehead atoms. The minimum Gasteiger partial charge on any atom is -0.194 e. The molecular weight excluding hydrogens is 610 g/mol. The van der Waals surface area contributed by atoms with Crippen LogP contribution in [-0.4, -0.2) is 47.9 Å². The SMILES string of the molecule is FC(F)(F)C(F)(F)C(F)(F)C(F)(F)C(F)(F)c1ccc(C(F)(F)C(F)(F)C(F)(F)C(F)(F)C(F)(F)F)cc1. The summed E-state index contributed by atoms with van der Waals surface area (Å²) in [5.74, 6) is -61.1. The van der Waals surface area contributed by atoms with Crippen molar-refractivity contribution in [3.8, 4) is 0 Å². The molecule has 1 aromatic rings. The van der Waals surface area contributed by atoms with Crippen molar-refractivity contribution < 1.29 is 96.6 Å². The average molecular weight is 614 g/mol. The first-order chi connectivity index (χ1) is 16.2. The van der Waals surface area contributed by atoms with E-state index in [-0.39, 0.29) is 0 Å². The van der Waals surface area contributed by atoms with Gasteiger partial charge in [0.15, 0.2) is 0 Å². The monoisotopic (exact) mass is 614 g/mol. The van der Waals surface area contributed by atoms with Crippen molar-refractivity contribution in [2.24, 2.45) is 0 Å². The summed E-state index contributed by atoms with van der Waals surface area (Å²) in [7, 11) is 0. The highest BCUT2D eigenvalue weighted by molar-refractivity contribution is 5.33.